The Morgan fingerprint density at radius 3 is 2.20 bits per heavy atom. The van der Waals surface area contributed by atoms with Crippen LogP contribution in [0.5, 0.6) is 17.2 Å². The Balaban J connectivity index is 1.71. The van der Waals surface area contributed by atoms with Crippen molar-refractivity contribution in [3.8, 4) is 17.2 Å². The van der Waals surface area contributed by atoms with Gasteiger partial charge < -0.3 is 14.2 Å². The molecule has 5 heteroatoms. The highest BCUT2D eigenvalue weighted by Crippen LogP contribution is 2.28. The second kappa shape index (κ2) is 9.56. The number of carbonyl (C=O) groups excluding carboxylic acids is 2. The van der Waals surface area contributed by atoms with Crippen LogP contribution < -0.4 is 14.2 Å². The number of rotatable bonds is 7. The normalized spacial score (nSPS) is 10.6. The largest absolute Gasteiger partial charge is 0.493 e. The fourth-order valence-electron chi connectivity index (χ4n) is 2.80. The molecule has 0 aliphatic heterocycles. The third kappa shape index (κ3) is 5.14. The van der Waals surface area contributed by atoms with E-state index in [9.17, 15) is 9.59 Å². The van der Waals surface area contributed by atoms with E-state index in [1.54, 1.807) is 54.6 Å². The topological polar surface area (TPSA) is 61.8 Å². The highest BCUT2D eigenvalue weighted by molar-refractivity contribution is 6.06. The summed E-state index contributed by atoms with van der Waals surface area (Å²) in [5.41, 5.74) is 2.80. The molecule has 5 nitrogen and oxygen atoms in total. The summed E-state index contributed by atoms with van der Waals surface area (Å²) in [7, 11) is 3.03. The van der Waals surface area contributed by atoms with Gasteiger partial charge in [-0.2, -0.15) is 0 Å². The fourth-order valence-corrected chi connectivity index (χ4v) is 2.80. The molecule has 0 aliphatic rings. The van der Waals surface area contributed by atoms with Gasteiger partial charge in [-0.05, 0) is 48.9 Å². The van der Waals surface area contributed by atoms with Crippen LogP contribution in [0.3, 0.4) is 0 Å². The van der Waals surface area contributed by atoms with E-state index in [4.69, 9.17) is 14.2 Å². The van der Waals surface area contributed by atoms with E-state index < -0.39 is 5.97 Å². The minimum absolute atomic E-state index is 0.0947. The molecule has 0 fully saturated rings. The van der Waals surface area contributed by atoms with Crippen molar-refractivity contribution in [1.29, 1.82) is 0 Å². The molecule has 3 aromatic carbocycles. The van der Waals surface area contributed by atoms with Crippen LogP contribution in [-0.2, 0) is 0 Å². The van der Waals surface area contributed by atoms with Gasteiger partial charge in [0, 0.05) is 5.56 Å². The number of esters is 1. The van der Waals surface area contributed by atoms with Crippen molar-refractivity contribution in [3.63, 3.8) is 0 Å². The lowest BCUT2D eigenvalue weighted by molar-refractivity contribution is 0.0734. The second-order valence-electron chi connectivity index (χ2n) is 6.60. The van der Waals surface area contributed by atoms with Crippen molar-refractivity contribution in [2.24, 2.45) is 0 Å². The monoisotopic (exact) mass is 402 g/mol. The number of ether oxygens (including phenoxy) is 3. The van der Waals surface area contributed by atoms with Gasteiger partial charge >= 0.3 is 5.97 Å². The number of allylic oxidation sites excluding steroid dienone is 1. The first-order valence-corrected chi connectivity index (χ1v) is 9.33. The van der Waals surface area contributed by atoms with Crippen molar-refractivity contribution in [1.82, 2.24) is 0 Å². The van der Waals surface area contributed by atoms with E-state index >= 15 is 0 Å². The summed E-state index contributed by atoms with van der Waals surface area (Å²) in [5.74, 6) is 0.730. The Kier molecular flexibility index (Phi) is 6.65. The molecular weight excluding hydrogens is 380 g/mol. The van der Waals surface area contributed by atoms with E-state index in [2.05, 4.69) is 0 Å². The number of benzene rings is 3. The van der Waals surface area contributed by atoms with Crippen LogP contribution in [0.15, 0.2) is 72.8 Å². The van der Waals surface area contributed by atoms with Crippen molar-refractivity contribution in [2.45, 2.75) is 6.92 Å². The Morgan fingerprint density at radius 2 is 1.50 bits per heavy atom. The van der Waals surface area contributed by atoms with Crippen LogP contribution in [0.2, 0.25) is 0 Å². The smallest absolute Gasteiger partial charge is 0.343 e. The Morgan fingerprint density at radius 1 is 0.800 bits per heavy atom. The number of carbonyl (C=O) groups is 2. The van der Waals surface area contributed by atoms with Gasteiger partial charge in [0.1, 0.15) is 5.75 Å². The van der Waals surface area contributed by atoms with Gasteiger partial charge in [0.05, 0.1) is 19.8 Å². The van der Waals surface area contributed by atoms with E-state index in [1.165, 1.54) is 20.3 Å². The molecule has 0 bridgehead atoms. The van der Waals surface area contributed by atoms with E-state index in [0.717, 1.165) is 11.1 Å². The molecule has 0 aromatic heterocycles. The molecule has 0 atom stereocenters. The second-order valence-corrected chi connectivity index (χ2v) is 6.60. The molecule has 0 N–H and O–H groups in total. The summed E-state index contributed by atoms with van der Waals surface area (Å²) in [5, 5.41) is 0. The summed E-state index contributed by atoms with van der Waals surface area (Å²) in [6.45, 7) is 1.97. The van der Waals surface area contributed by atoms with Crippen LogP contribution in [0.1, 0.15) is 31.8 Å². The molecule has 3 rings (SSSR count). The zero-order chi connectivity index (χ0) is 21.5. The van der Waals surface area contributed by atoms with Crippen molar-refractivity contribution in [2.75, 3.05) is 14.2 Å². The first kappa shape index (κ1) is 20.9. The highest BCUT2D eigenvalue weighted by Gasteiger charge is 2.13. The Hall–Kier alpha value is -3.86. The SMILES string of the molecule is COc1ccc(C(=O)Oc2cccc(C=CC(=O)c3ccc(C)cc3)c2)cc1OC. The average Bonchev–Trinajstić information content (AvgIpc) is 2.77. The maximum Gasteiger partial charge on any atom is 0.343 e. The molecule has 3 aromatic rings. The summed E-state index contributed by atoms with van der Waals surface area (Å²) < 4.78 is 15.9. The standard InChI is InChI=1S/C25H22O5/c1-17-7-10-19(11-8-17)22(26)13-9-18-5-4-6-21(15-18)30-25(27)20-12-14-23(28-2)24(16-20)29-3/h4-16H,1-3H3. The first-order valence-electron chi connectivity index (χ1n) is 9.33. The van der Waals surface area contributed by atoms with Gasteiger partial charge in [-0.3, -0.25) is 4.79 Å². The van der Waals surface area contributed by atoms with E-state index in [0.29, 0.717) is 28.4 Å². The lowest BCUT2D eigenvalue weighted by atomic mass is 10.1. The number of aryl methyl sites for hydroxylation is 1. The average molecular weight is 402 g/mol. The fraction of sp³-hybridized carbons (Fsp3) is 0.120. The summed E-state index contributed by atoms with van der Waals surface area (Å²) >= 11 is 0. The van der Waals surface area contributed by atoms with Gasteiger partial charge in [0.15, 0.2) is 17.3 Å². The molecule has 0 radical (unpaired) electrons. The van der Waals surface area contributed by atoms with E-state index in [-0.39, 0.29) is 5.78 Å². The molecule has 0 saturated carbocycles. The molecule has 0 spiro atoms. The lowest BCUT2D eigenvalue weighted by Gasteiger charge is -2.09. The van der Waals surface area contributed by atoms with Gasteiger partial charge in [0.25, 0.3) is 0 Å². The Labute approximate surface area is 175 Å². The van der Waals surface area contributed by atoms with Crippen LogP contribution in [0, 0.1) is 6.92 Å². The van der Waals surface area contributed by atoms with Crippen LogP contribution in [0.4, 0.5) is 0 Å². The molecule has 0 saturated heterocycles. The maximum atomic E-state index is 12.5. The third-order valence-corrected chi connectivity index (χ3v) is 4.45. The minimum atomic E-state index is -0.521. The lowest BCUT2D eigenvalue weighted by Crippen LogP contribution is -2.09. The zero-order valence-corrected chi connectivity index (χ0v) is 17.0. The maximum absolute atomic E-state index is 12.5. The zero-order valence-electron chi connectivity index (χ0n) is 17.0. The summed E-state index contributed by atoms with van der Waals surface area (Å²) in [4.78, 5) is 24.8. The third-order valence-electron chi connectivity index (χ3n) is 4.45. The van der Waals surface area contributed by atoms with Crippen molar-refractivity contribution >= 4 is 17.8 Å². The predicted octanol–water partition coefficient (Wildman–Crippen LogP) is 5.13. The van der Waals surface area contributed by atoms with Crippen molar-refractivity contribution < 1.29 is 23.8 Å². The molecule has 0 aliphatic carbocycles. The molecule has 0 amide bonds. The van der Waals surface area contributed by atoms with Crippen LogP contribution in [0.25, 0.3) is 6.08 Å². The number of methoxy groups -OCH3 is 2. The van der Waals surface area contributed by atoms with Crippen LogP contribution in [-0.4, -0.2) is 26.0 Å². The number of hydrogen-bond acceptors (Lipinski definition) is 5. The van der Waals surface area contributed by atoms with Gasteiger partial charge in [-0.15, -0.1) is 0 Å². The number of ketones is 1. The van der Waals surface area contributed by atoms with Gasteiger partial charge in [-0.1, -0.05) is 48.0 Å². The quantitative estimate of drug-likeness (QED) is 0.237. The van der Waals surface area contributed by atoms with Gasteiger partial charge in [0.2, 0.25) is 0 Å². The Bertz CT molecular complexity index is 1080. The van der Waals surface area contributed by atoms with Gasteiger partial charge in [-0.25, -0.2) is 4.79 Å². The molecule has 152 valence electrons. The molecular formula is C25H22O5. The summed E-state index contributed by atoms with van der Waals surface area (Å²) in [6, 6.07) is 19.1. The minimum Gasteiger partial charge on any atom is -0.493 e. The predicted molar refractivity (Wildman–Crippen MR) is 115 cm³/mol. The van der Waals surface area contributed by atoms with Crippen molar-refractivity contribution in [3.05, 3.63) is 95.1 Å². The molecule has 0 unspecified atom stereocenters. The first-order chi connectivity index (χ1) is 14.5. The molecule has 30 heavy (non-hydrogen) atoms. The van der Waals surface area contributed by atoms with Crippen LogP contribution >= 0.6 is 0 Å². The molecule has 0 heterocycles. The summed E-state index contributed by atoms with van der Waals surface area (Å²) in [6.07, 6.45) is 3.19. The van der Waals surface area contributed by atoms with E-state index in [1.807, 2.05) is 25.1 Å². The number of hydrogen-bond donors (Lipinski definition) is 0. The highest BCUT2D eigenvalue weighted by atomic mass is 16.5.